The van der Waals surface area contributed by atoms with Crippen LogP contribution >= 0.6 is 0 Å². The third-order valence-electron chi connectivity index (χ3n) is 5.02. The van der Waals surface area contributed by atoms with E-state index in [1.165, 1.54) is 18.2 Å². The van der Waals surface area contributed by atoms with Crippen molar-refractivity contribution in [1.82, 2.24) is 5.32 Å². The van der Waals surface area contributed by atoms with E-state index in [9.17, 15) is 29.5 Å². The fourth-order valence-electron chi connectivity index (χ4n) is 3.47. The van der Waals surface area contributed by atoms with Crippen molar-refractivity contribution >= 4 is 35.5 Å². The molecule has 0 unspecified atom stereocenters. The number of nitrogens with one attached hydrogen (secondary N) is 1. The summed E-state index contributed by atoms with van der Waals surface area (Å²) in [7, 11) is 0. The number of nitriles is 1. The zero-order chi connectivity index (χ0) is 26.4. The first-order valence-electron chi connectivity index (χ1n) is 10.5. The number of nitrogens with two attached hydrogens (primary N) is 2. The van der Waals surface area contributed by atoms with Crippen molar-refractivity contribution in [3.05, 3.63) is 52.6 Å². The number of nitrogens with zero attached hydrogens (tertiary/aromatic N) is 2. The second kappa shape index (κ2) is 10.9. The SMILES string of the molecule is N#Cc1cc2c(c(C(=O)N[C@@H](CC(=O)O)C(=O)O)c1)OCCCc1cc(N=C(N)N)ccc1C(=O)O2. The van der Waals surface area contributed by atoms with Gasteiger partial charge >= 0.3 is 17.9 Å². The van der Waals surface area contributed by atoms with Crippen LogP contribution in [0.5, 0.6) is 11.5 Å². The third-order valence-corrected chi connectivity index (χ3v) is 5.02. The van der Waals surface area contributed by atoms with Crippen molar-refractivity contribution in [2.45, 2.75) is 25.3 Å². The van der Waals surface area contributed by atoms with Gasteiger partial charge in [-0.1, -0.05) is 0 Å². The lowest BCUT2D eigenvalue weighted by Gasteiger charge is -2.20. The highest BCUT2D eigenvalue weighted by Crippen LogP contribution is 2.35. The fraction of sp³-hybridized carbons (Fsp3) is 0.217. The molecule has 0 aliphatic carbocycles. The van der Waals surface area contributed by atoms with E-state index in [-0.39, 0.29) is 40.8 Å². The first kappa shape index (κ1) is 25.5. The molecule has 0 fully saturated rings. The molecule has 13 nitrogen and oxygen atoms in total. The molecule has 0 saturated carbocycles. The molecule has 186 valence electrons. The van der Waals surface area contributed by atoms with Crippen LogP contribution in [0.4, 0.5) is 5.69 Å². The van der Waals surface area contributed by atoms with Crippen LogP contribution in [0.15, 0.2) is 35.3 Å². The summed E-state index contributed by atoms with van der Waals surface area (Å²) in [6.45, 7) is 0.0557. The molecule has 1 aliphatic heterocycles. The van der Waals surface area contributed by atoms with Gasteiger partial charge in [0.2, 0.25) is 0 Å². The number of benzene rings is 2. The Hall–Kier alpha value is -5.12. The number of esters is 1. The molecule has 2 aromatic carbocycles. The number of hydrogen-bond donors (Lipinski definition) is 5. The maximum atomic E-state index is 13.0. The average molecular weight is 495 g/mol. The Morgan fingerprint density at radius 1 is 1.19 bits per heavy atom. The molecule has 0 aromatic heterocycles. The van der Waals surface area contributed by atoms with Crippen LogP contribution in [-0.4, -0.2) is 52.6 Å². The molecule has 1 atom stereocenters. The smallest absolute Gasteiger partial charge is 0.343 e. The monoisotopic (exact) mass is 495 g/mol. The number of ether oxygens (including phenoxy) is 2. The third kappa shape index (κ3) is 6.06. The number of fused-ring (bicyclic) bond motifs is 2. The Morgan fingerprint density at radius 2 is 1.94 bits per heavy atom. The number of carboxylic acid groups (broad SMARTS) is 2. The average Bonchev–Trinajstić information content (AvgIpc) is 2.80. The van der Waals surface area contributed by atoms with E-state index < -0.39 is 36.3 Å². The summed E-state index contributed by atoms with van der Waals surface area (Å²) in [5, 5.41) is 29.7. The van der Waals surface area contributed by atoms with Crippen molar-refractivity contribution in [1.29, 1.82) is 5.26 Å². The Kier molecular flexibility index (Phi) is 7.70. The number of guanidine groups is 1. The zero-order valence-corrected chi connectivity index (χ0v) is 18.7. The van der Waals surface area contributed by atoms with Gasteiger partial charge in [-0.15, -0.1) is 0 Å². The van der Waals surface area contributed by atoms with Crippen LogP contribution in [0.1, 0.15) is 44.7 Å². The summed E-state index contributed by atoms with van der Waals surface area (Å²) in [5.74, 6) is -5.42. The molecule has 0 radical (unpaired) electrons. The van der Waals surface area contributed by atoms with Gasteiger partial charge in [-0.25, -0.2) is 14.6 Å². The van der Waals surface area contributed by atoms with Gasteiger partial charge in [0.05, 0.1) is 41.5 Å². The van der Waals surface area contributed by atoms with Crippen molar-refractivity contribution in [2.75, 3.05) is 6.61 Å². The molecule has 1 heterocycles. The second-order valence-electron chi connectivity index (χ2n) is 7.64. The van der Waals surface area contributed by atoms with E-state index in [0.29, 0.717) is 24.1 Å². The quantitative estimate of drug-likeness (QED) is 0.162. The second-order valence-corrected chi connectivity index (χ2v) is 7.64. The maximum absolute atomic E-state index is 13.0. The topological polar surface area (TPSA) is 227 Å². The summed E-state index contributed by atoms with van der Waals surface area (Å²) in [5.41, 5.74) is 11.7. The maximum Gasteiger partial charge on any atom is 0.343 e. The fourth-order valence-corrected chi connectivity index (χ4v) is 3.47. The van der Waals surface area contributed by atoms with Gasteiger partial charge in [-0.3, -0.25) is 9.59 Å². The van der Waals surface area contributed by atoms with Crippen LogP contribution in [-0.2, 0) is 16.0 Å². The summed E-state index contributed by atoms with van der Waals surface area (Å²) >= 11 is 0. The molecular weight excluding hydrogens is 474 g/mol. The minimum absolute atomic E-state index is 0.0557. The Balaban J connectivity index is 2.02. The lowest BCUT2D eigenvalue weighted by Crippen LogP contribution is -2.42. The highest BCUT2D eigenvalue weighted by atomic mass is 16.6. The lowest BCUT2D eigenvalue weighted by molar-refractivity contribution is -0.145. The van der Waals surface area contributed by atoms with Crippen molar-refractivity contribution in [2.24, 2.45) is 16.5 Å². The van der Waals surface area contributed by atoms with Gasteiger partial charge in [-0.2, -0.15) is 5.26 Å². The predicted molar refractivity (Wildman–Crippen MR) is 123 cm³/mol. The van der Waals surface area contributed by atoms with Gasteiger partial charge in [0.1, 0.15) is 6.04 Å². The van der Waals surface area contributed by atoms with Gasteiger partial charge in [-0.05, 0) is 42.7 Å². The number of hydrogen-bond acceptors (Lipinski definition) is 8. The number of aliphatic carboxylic acids is 2. The number of carbonyl (C=O) groups excluding carboxylic acids is 2. The minimum Gasteiger partial charge on any atom is -0.489 e. The van der Waals surface area contributed by atoms with Crippen molar-refractivity contribution in [3.63, 3.8) is 0 Å². The van der Waals surface area contributed by atoms with E-state index in [1.54, 1.807) is 6.07 Å². The van der Waals surface area contributed by atoms with E-state index in [4.69, 9.17) is 26.0 Å². The predicted octanol–water partition coefficient (Wildman–Crippen LogP) is 0.665. The van der Waals surface area contributed by atoms with Crippen LogP contribution in [0.3, 0.4) is 0 Å². The molecule has 0 bridgehead atoms. The van der Waals surface area contributed by atoms with E-state index in [0.717, 1.165) is 6.07 Å². The number of carboxylic acids is 2. The van der Waals surface area contributed by atoms with Crippen LogP contribution in [0.25, 0.3) is 0 Å². The summed E-state index contributed by atoms with van der Waals surface area (Å²) in [4.78, 5) is 52.2. The molecule has 1 amide bonds. The molecule has 36 heavy (non-hydrogen) atoms. The van der Waals surface area contributed by atoms with E-state index >= 15 is 0 Å². The Labute approximate surface area is 203 Å². The van der Waals surface area contributed by atoms with Crippen molar-refractivity contribution in [3.8, 4) is 17.6 Å². The Bertz CT molecular complexity index is 1310. The number of aryl methyl sites for hydroxylation is 1. The van der Waals surface area contributed by atoms with Gasteiger partial charge in [0.25, 0.3) is 5.91 Å². The van der Waals surface area contributed by atoms with Crippen LogP contribution in [0, 0.1) is 11.3 Å². The molecule has 0 saturated heterocycles. The zero-order valence-electron chi connectivity index (χ0n) is 18.7. The summed E-state index contributed by atoms with van der Waals surface area (Å²) in [6.07, 6.45) is -0.121. The molecule has 1 aliphatic rings. The molecule has 13 heteroatoms. The molecule has 3 rings (SSSR count). The van der Waals surface area contributed by atoms with Crippen LogP contribution in [0.2, 0.25) is 0 Å². The molecule has 0 spiro atoms. The summed E-state index contributed by atoms with van der Waals surface area (Å²) in [6, 6.07) is 7.03. The number of rotatable bonds is 6. The van der Waals surface area contributed by atoms with Crippen molar-refractivity contribution < 1.29 is 38.9 Å². The number of aliphatic imine (C=N–C) groups is 1. The molecular formula is C23H21N5O8. The largest absolute Gasteiger partial charge is 0.489 e. The summed E-state index contributed by atoms with van der Waals surface area (Å²) < 4.78 is 11.2. The van der Waals surface area contributed by atoms with E-state index in [2.05, 4.69) is 10.3 Å². The lowest BCUT2D eigenvalue weighted by atomic mass is 10.0. The first-order chi connectivity index (χ1) is 17.1. The standard InChI is InChI=1S/C23H21N5O8/c24-10-11-6-15(20(31)28-16(21(32)33)9-18(29)30)19-17(7-11)36-22(34)14-4-3-13(27-23(25)26)8-12(14)2-1-5-35-19/h3-4,6-8,16H,1-2,5,9H2,(H,28,31)(H,29,30)(H,32,33)(H4,25,26,27)/t16-/m0/s1. The Morgan fingerprint density at radius 3 is 2.58 bits per heavy atom. The van der Waals surface area contributed by atoms with Gasteiger partial charge in [0, 0.05) is 6.07 Å². The number of amides is 1. The first-order valence-corrected chi connectivity index (χ1v) is 10.5. The van der Waals surface area contributed by atoms with Crippen LogP contribution < -0.4 is 26.3 Å². The van der Waals surface area contributed by atoms with Gasteiger partial charge in [0.15, 0.2) is 17.5 Å². The normalized spacial score (nSPS) is 13.4. The number of carbonyl (C=O) groups is 4. The van der Waals surface area contributed by atoms with Gasteiger partial charge < -0.3 is 36.5 Å². The molecule has 2 aromatic rings. The molecule has 7 N–H and O–H groups in total. The highest BCUT2D eigenvalue weighted by Gasteiger charge is 2.28. The minimum atomic E-state index is -1.75. The van der Waals surface area contributed by atoms with E-state index in [1.807, 2.05) is 6.07 Å². The highest BCUT2D eigenvalue weighted by molar-refractivity contribution is 6.01.